The van der Waals surface area contributed by atoms with Gasteiger partial charge in [0.25, 0.3) is 5.91 Å². The molecular formula is C19H20B2N2OS. The molecule has 1 aliphatic rings. The first-order valence-corrected chi connectivity index (χ1v) is 9.80. The van der Waals surface area contributed by atoms with Gasteiger partial charge >= 0.3 is 0 Å². The van der Waals surface area contributed by atoms with E-state index in [1.807, 2.05) is 23.1 Å². The van der Waals surface area contributed by atoms with Crippen LogP contribution >= 0.6 is 11.3 Å². The molecule has 4 rings (SSSR count). The van der Waals surface area contributed by atoms with Crippen LogP contribution in [0.4, 0.5) is 0 Å². The molecule has 1 fully saturated rings. The Morgan fingerprint density at radius 1 is 1.12 bits per heavy atom. The number of aromatic nitrogens is 1. The van der Waals surface area contributed by atoms with E-state index in [-0.39, 0.29) is 5.91 Å². The van der Waals surface area contributed by atoms with Crippen LogP contribution in [0, 0.1) is 0 Å². The van der Waals surface area contributed by atoms with E-state index < -0.39 is 0 Å². The van der Waals surface area contributed by atoms with Gasteiger partial charge in [-0.05, 0) is 25.0 Å². The molecule has 0 N–H and O–H groups in total. The van der Waals surface area contributed by atoms with Gasteiger partial charge in [-0.2, -0.15) is 0 Å². The highest BCUT2D eigenvalue weighted by atomic mass is 32.1. The number of amides is 1. The van der Waals surface area contributed by atoms with E-state index in [0.29, 0.717) is 5.92 Å². The number of piperidine rings is 1. The molecule has 0 bridgehead atoms. The first kappa shape index (κ1) is 16.4. The molecule has 1 aromatic heterocycles. The zero-order valence-corrected chi connectivity index (χ0v) is 15.3. The molecule has 25 heavy (non-hydrogen) atoms. The van der Waals surface area contributed by atoms with Crippen molar-refractivity contribution >= 4 is 47.8 Å². The summed E-state index contributed by atoms with van der Waals surface area (Å²) in [6.07, 6.45) is 2.00. The lowest BCUT2D eigenvalue weighted by Crippen LogP contribution is -2.38. The summed E-state index contributed by atoms with van der Waals surface area (Å²) in [5, 5.41) is 1.22. The van der Waals surface area contributed by atoms with Gasteiger partial charge in [-0.15, -0.1) is 11.3 Å². The Labute approximate surface area is 153 Å². The monoisotopic (exact) mass is 346 g/mol. The molecule has 2 aromatic carbocycles. The SMILES string of the molecule is BBc1ccc(C(=O)N2CCC(c3nc4ccccc4s3)CC2)cc1. The van der Waals surface area contributed by atoms with E-state index in [9.17, 15) is 4.79 Å². The van der Waals surface area contributed by atoms with Gasteiger partial charge in [-0.1, -0.05) is 41.9 Å². The number of carbonyl (C=O) groups excluding carboxylic acids is 1. The molecule has 0 aliphatic carbocycles. The number of benzene rings is 2. The molecule has 6 heteroatoms. The molecule has 0 saturated carbocycles. The Morgan fingerprint density at radius 2 is 1.84 bits per heavy atom. The van der Waals surface area contributed by atoms with Gasteiger partial charge in [0.15, 0.2) is 0 Å². The number of thiazole rings is 1. The molecule has 124 valence electrons. The standard InChI is InChI=1S/C19H20B2N2OS/c20-21-15-7-5-14(6-8-15)19(24)23-11-9-13(10-12-23)18-22-16-3-1-2-4-17(16)25-18/h1-8,13,21H,9-12,20H2. The lowest BCUT2D eigenvalue weighted by atomic mass is 9.51. The molecule has 0 radical (unpaired) electrons. The second-order valence-corrected chi connectivity index (χ2v) is 7.70. The average Bonchev–Trinajstić information content (AvgIpc) is 3.12. The zero-order chi connectivity index (χ0) is 17.2. The van der Waals surface area contributed by atoms with Crippen molar-refractivity contribution < 1.29 is 4.79 Å². The maximum Gasteiger partial charge on any atom is 0.253 e. The summed E-state index contributed by atoms with van der Waals surface area (Å²) in [6, 6.07) is 16.3. The Hall–Kier alpha value is -2.07. The van der Waals surface area contributed by atoms with Crippen LogP contribution in [-0.4, -0.2) is 43.8 Å². The zero-order valence-electron chi connectivity index (χ0n) is 14.4. The summed E-state index contributed by atoms with van der Waals surface area (Å²) in [6.45, 7) is 1.63. The summed E-state index contributed by atoms with van der Waals surface area (Å²) in [7, 11) is 3.13. The highest BCUT2D eigenvalue weighted by Crippen LogP contribution is 2.34. The lowest BCUT2D eigenvalue weighted by molar-refractivity contribution is 0.0713. The Bertz CT molecular complexity index is 853. The number of hydrogen-bond donors (Lipinski definition) is 0. The first-order valence-electron chi connectivity index (χ1n) is 8.98. The quantitative estimate of drug-likeness (QED) is 0.679. The van der Waals surface area contributed by atoms with Crippen LogP contribution < -0.4 is 5.46 Å². The molecule has 0 spiro atoms. The summed E-state index contributed by atoms with van der Waals surface area (Å²) >= 11 is 1.80. The van der Waals surface area contributed by atoms with Crippen LogP contribution in [0.3, 0.4) is 0 Å². The molecular weight excluding hydrogens is 326 g/mol. The van der Waals surface area contributed by atoms with Crippen LogP contribution in [0.1, 0.15) is 34.1 Å². The third-order valence-electron chi connectivity index (χ3n) is 5.05. The largest absolute Gasteiger partial charge is 0.339 e. The van der Waals surface area contributed by atoms with Crippen molar-refractivity contribution in [3.63, 3.8) is 0 Å². The van der Waals surface area contributed by atoms with Crippen molar-refractivity contribution in [3.05, 3.63) is 59.1 Å². The van der Waals surface area contributed by atoms with Crippen molar-refractivity contribution in [3.8, 4) is 0 Å². The fourth-order valence-electron chi connectivity index (χ4n) is 3.46. The maximum absolute atomic E-state index is 12.7. The summed E-state index contributed by atoms with van der Waals surface area (Å²) in [5.41, 5.74) is 3.17. The minimum Gasteiger partial charge on any atom is -0.339 e. The van der Waals surface area contributed by atoms with Gasteiger partial charge in [0.2, 0.25) is 0 Å². The van der Waals surface area contributed by atoms with E-state index in [1.165, 1.54) is 15.2 Å². The van der Waals surface area contributed by atoms with Gasteiger partial charge in [0, 0.05) is 24.6 Å². The fraction of sp³-hybridized carbons (Fsp3) is 0.263. The van der Waals surface area contributed by atoms with Crippen LogP contribution in [0.15, 0.2) is 48.5 Å². The van der Waals surface area contributed by atoms with Crippen LogP contribution in [-0.2, 0) is 0 Å². The number of rotatable bonds is 3. The van der Waals surface area contributed by atoms with Crippen LogP contribution in [0.2, 0.25) is 0 Å². The number of fused-ring (bicyclic) bond motifs is 1. The number of para-hydroxylation sites is 1. The molecule has 1 amide bonds. The van der Waals surface area contributed by atoms with Crippen molar-refractivity contribution in [1.29, 1.82) is 0 Å². The second-order valence-electron chi connectivity index (χ2n) is 6.64. The lowest BCUT2D eigenvalue weighted by Gasteiger charge is -2.31. The highest BCUT2D eigenvalue weighted by Gasteiger charge is 2.26. The van der Waals surface area contributed by atoms with Crippen molar-refractivity contribution in [2.45, 2.75) is 18.8 Å². The maximum atomic E-state index is 12.7. The number of carbonyl (C=O) groups is 1. The minimum absolute atomic E-state index is 0.158. The molecule has 0 atom stereocenters. The number of nitrogens with zero attached hydrogens (tertiary/aromatic N) is 2. The van der Waals surface area contributed by atoms with Crippen LogP contribution in [0.5, 0.6) is 0 Å². The predicted octanol–water partition coefficient (Wildman–Crippen LogP) is 1.93. The van der Waals surface area contributed by atoms with E-state index >= 15 is 0 Å². The van der Waals surface area contributed by atoms with Crippen molar-refractivity contribution in [2.75, 3.05) is 13.1 Å². The molecule has 1 aliphatic heterocycles. The minimum atomic E-state index is 0.158. The molecule has 3 nitrogen and oxygen atoms in total. The third-order valence-corrected chi connectivity index (χ3v) is 6.25. The van der Waals surface area contributed by atoms with Crippen molar-refractivity contribution in [2.24, 2.45) is 0 Å². The molecule has 3 aromatic rings. The van der Waals surface area contributed by atoms with Crippen molar-refractivity contribution in [1.82, 2.24) is 9.88 Å². The fourth-order valence-corrected chi connectivity index (χ4v) is 4.60. The third kappa shape index (κ3) is 3.36. The summed E-state index contributed by atoms with van der Waals surface area (Å²) < 4.78 is 1.26. The number of likely N-dealkylation sites (tertiary alicyclic amines) is 1. The van der Waals surface area contributed by atoms with Gasteiger partial charge in [0.05, 0.1) is 23.0 Å². The van der Waals surface area contributed by atoms with E-state index in [1.54, 1.807) is 11.3 Å². The normalized spacial score (nSPS) is 15.4. The predicted molar refractivity (Wildman–Crippen MR) is 109 cm³/mol. The Kier molecular flexibility index (Phi) is 4.62. The summed E-state index contributed by atoms with van der Waals surface area (Å²) in [4.78, 5) is 19.5. The van der Waals surface area contributed by atoms with E-state index in [2.05, 4.69) is 38.1 Å². The smallest absolute Gasteiger partial charge is 0.253 e. The topological polar surface area (TPSA) is 33.2 Å². The van der Waals surface area contributed by atoms with Crippen LogP contribution in [0.25, 0.3) is 10.2 Å². The second kappa shape index (κ2) is 7.04. The van der Waals surface area contributed by atoms with Gasteiger partial charge in [-0.3, -0.25) is 4.79 Å². The average molecular weight is 346 g/mol. The Morgan fingerprint density at radius 3 is 2.52 bits per heavy atom. The van der Waals surface area contributed by atoms with E-state index in [4.69, 9.17) is 4.98 Å². The number of hydrogen-bond acceptors (Lipinski definition) is 3. The molecule has 1 saturated heterocycles. The van der Waals surface area contributed by atoms with Gasteiger partial charge in [0.1, 0.15) is 7.17 Å². The molecule has 0 unspecified atom stereocenters. The highest BCUT2D eigenvalue weighted by molar-refractivity contribution is 7.18. The van der Waals surface area contributed by atoms with Gasteiger partial charge in [-0.25, -0.2) is 4.98 Å². The Balaban J connectivity index is 1.42. The van der Waals surface area contributed by atoms with Gasteiger partial charge < -0.3 is 4.90 Å². The molecule has 2 heterocycles. The first-order chi connectivity index (χ1) is 12.2. The van der Waals surface area contributed by atoms with E-state index in [0.717, 1.165) is 44.2 Å². The summed E-state index contributed by atoms with van der Waals surface area (Å²) in [5.74, 6) is 0.634.